The lowest BCUT2D eigenvalue weighted by atomic mass is 10.1. The molecule has 2 rings (SSSR count). The summed E-state index contributed by atoms with van der Waals surface area (Å²) in [5, 5.41) is 0. The fraction of sp³-hybridized carbons (Fsp3) is 0.500. The number of rotatable bonds is 5. The van der Waals surface area contributed by atoms with Crippen molar-refractivity contribution in [2.24, 2.45) is 0 Å². The summed E-state index contributed by atoms with van der Waals surface area (Å²) < 4.78 is 15.3. The van der Waals surface area contributed by atoms with E-state index < -0.39 is 0 Å². The third-order valence-corrected chi connectivity index (χ3v) is 3.44. The van der Waals surface area contributed by atoms with Gasteiger partial charge in [-0.05, 0) is 11.6 Å². The summed E-state index contributed by atoms with van der Waals surface area (Å²) in [6, 6.07) is 7.65. The van der Waals surface area contributed by atoms with E-state index in [1.165, 1.54) is 7.11 Å². The van der Waals surface area contributed by atoms with E-state index in [9.17, 15) is 4.79 Å². The molecule has 0 unspecified atom stereocenters. The quantitative estimate of drug-likeness (QED) is 0.591. The lowest BCUT2D eigenvalue weighted by Crippen LogP contribution is -2.44. The average Bonchev–Trinajstić information content (AvgIpc) is 2.82. The van der Waals surface area contributed by atoms with E-state index in [4.69, 9.17) is 14.2 Å². The van der Waals surface area contributed by atoms with E-state index in [0.717, 1.165) is 11.3 Å². The van der Waals surface area contributed by atoms with Gasteiger partial charge in [0.1, 0.15) is 6.04 Å². The Hall–Kier alpha value is -1.59. The van der Waals surface area contributed by atoms with Crippen molar-refractivity contribution < 1.29 is 19.0 Å². The Kier molecular flexibility index (Phi) is 4.39. The fourth-order valence-electron chi connectivity index (χ4n) is 2.43. The van der Waals surface area contributed by atoms with Gasteiger partial charge in [-0.1, -0.05) is 18.2 Å². The molecule has 0 saturated carbocycles. The molecule has 0 aliphatic carbocycles. The third kappa shape index (κ3) is 2.72. The smallest absolute Gasteiger partial charge is 0.328 e. The lowest BCUT2D eigenvalue weighted by molar-refractivity contribution is -0.142. The molecule has 1 aromatic carbocycles. The predicted octanol–water partition coefficient (Wildman–Crippen LogP) is 1.21. The Morgan fingerprint density at radius 1 is 1.32 bits per heavy atom. The number of hydrogen-bond donors (Lipinski definition) is 0. The molecular formula is C14H19NO4. The molecule has 0 saturated heterocycles. The Bertz CT molecular complexity index is 445. The number of nitrogens with zero attached hydrogens (tertiary/aromatic N) is 1. The molecule has 0 aromatic heterocycles. The molecule has 1 heterocycles. The van der Waals surface area contributed by atoms with Crippen molar-refractivity contribution in [1.82, 2.24) is 0 Å². The Labute approximate surface area is 113 Å². The van der Waals surface area contributed by atoms with E-state index in [1.54, 1.807) is 14.2 Å². The van der Waals surface area contributed by atoms with Crippen molar-refractivity contribution in [3.63, 3.8) is 0 Å². The van der Waals surface area contributed by atoms with Crippen LogP contribution in [0.2, 0.25) is 0 Å². The summed E-state index contributed by atoms with van der Waals surface area (Å²) in [6.07, 6.45) is 0.279. The molecule has 5 nitrogen and oxygen atoms in total. The second-order valence-corrected chi connectivity index (χ2v) is 4.43. The molecule has 0 fully saturated rings. The number of benzene rings is 1. The van der Waals surface area contributed by atoms with Crippen LogP contribution in [0.5, 0.6) is 0 Å². The lowest BCUT2D eigenvalue weighted by Gasteiger charge is -2.28. The van der Waals surface area contributed by atoms with E-state index in [0.29, 0.717) is 13.0 Å². The van der Waals surface area contributed by atoms with Gasteiger partial charge in [-0.2, -0.15) is 0 Å². The number of carbonyl (C=O) groups excluding carboxylic acids is 1. The summed E-state index contributed by atoms with van der Waals surface area (Å²) in [5.41, 5.74) is 2.18. The monoisotopic (exact) mass is 265 g/mol. The van der Waals surface area contributed by atoms with Crippen LogP contribution in [0.25, 0.3) is 0 Å². The molecule has 0 N–H and O–H groups in total. The summed E-state index contributed by atoms with van der Waals surface area (Å²) >= 11 is 0. The molecule has 0 amide bonds. The molecule has 0 radical (unpaired) electrons. The van der Waals surface area contributed by atoms with Crippen LogP contribution in [0, 0.1) is 0 Å². The highest BCUT2D eigenvalue weighted by Crippen LogP contribution is 2.32. The number of hydrogen-bond acceptors (Lipinski definition) is 5. The zero-order valence-corrected chi connectivity index (χ0v) is 11.5. The number of ether oxygens (including phenoxy) is 3. The van der Waals surface area contributed by atoms with Crippen LogP contribution >= 0.6 is 0 Å². The Balaban J connectivity index is 2.25. The SMILES string of the molecule is COC(=O)[C@@H]1Cc2ccccc2N1CC(OC)OC. The van der Waals surface area contributed by atoms with Crippen molar-refractivity contribution in [3.05, 3.63) is 29.8 Å². The molecule has 1 aromatic rings. The molecular weight excluding hydrogens is 246 g/mol. The summed E-state index contributed by atoms with van der Waals surface area (Å²) in [7, 11) is 4.58. The first-order valence-corrected chi connectivity index (χ1v) is 6.19. The van der Waals surface area contributed by atoms with Gasteiger partial charge in [-0.3, -0.25) is 0 Å². The second kappa shape index (κ2) is 6.04. The molecule has 0 spiro atoms. The standard InChI is InChI=1S/C14H19NO4/c1-17-13(18-2)9-15-11-7-5-4-6-10(11)8-12(15)14(16)19-3/h4-7,12-13H,8-9H2,1-3H3/t12-/m0/s1. The Morgan fingerprint density at radius 2 is 2.00 bits per heavy atom. The summed E-state index contributed by atoms with van der Waals surface area (Å²) in [5.74, 6) is -0.234. The van der Waals surface area contributed by atoms with Crippen LogP contribution in [-0.2, 0) is 25.4 Å². The van der Waals surface area contributed by atoms with Gasteiger partial charge in [0, 0.05) is 26.3 Å². The maximum atomic E-state index is 11.9. The minimum atomic E-state index is -0.377. The van der Waals surface area contributed by atoms with Gasteiger partial charge in [0.05, 0.1) is 13.7 Å². The number of para-hydroxylation sites is 1. The van der Waals surface area contributed by atoms with Crippen molar-refractivity contribution in [1.29, 1.82) is 0 Å². The van der Waals surface area contributed by atoms with Gasteiger partial charge in [-0.25, -0.2) is 4.79 Å². The van der Waals surface area contributed by atoms with Crippen LogP contribution in [0.3, 0.4) is 0 Å². The highest BCUT2D eigenvalue weighted by molar-refractivity contribution is 5.83. The highest BCUT2D eigenvalue weighted by atomic mass is 16.7. The van der Waals surface area contributed by atoms with Crippen molar-refractivity contribution >= 4 is 11.7 Å². The first-order valence-electron chi connectivity index (χ1n) is 6.19. The van der Waals surface area contributed by atoms with Crippen molar-refractivity contribution in [2.75, 3.05) is 32.8 Å². The molecule has 5 heteroatoms. The van der Waals surface area contributed by atoms with Crippen molar-refractivity contribution in [2.45, 2.75) is 18.8 Å². The minimum absolute atomic E-state index is 0.234. The average molecular weight is 265 g/mol. The molecule has 19 heavy (non-hydrogen) atoms. The normalized spacial score (nSPS) is 17.7. The zero-order chi connectivity index (χ0) is 13.8. The number of methoxy groups -OCH3 is 3. The first-order chi connectivity index (χ1) is 9.21. The van der Waals surface area contributed by atoms with Crippen LogP contribution < -0.4 is 4.90 Å². The van der Waals surface area contributed by atoms with E-state index in [1.807, 2.05) is 29.2 Å². The van der Waals surface area contributed by atoms with Gasteiger partial charge in [0.25, 0.3) is 0 Å². The third-order valence-electron chi connectivity index (χ3n) is 3.44. The first kappa shape index (κ1) is 13.8. The number of esters is 1. The number of anilines is 1. The molecule has 1 aliphatic heterocycles. The molecule has 1 aliphatic rings. The van der Waals surface area contributed by atoms with Crippen LogP contribution in [0.4, 0.5) is 5.69 Å². The number of carbonyl (C=O) groups is 1. The predicted molar refractivity (Wildman–Crippen MR) is 71.1 cm³/mol. The van der Waals surface area contributed by atoms with E-state index >= 15 is 0 Å². The zero-order valence-electron chi connectivity index (χ0n) is 11.5. The van der Waals surface area contributed by atoms with Gasteiger partial charge in [0.2, 0.25) is 0 Å². The van der Waals surface area contributed by atoms with Crippen LogP contribution in [-0.4, -0.2) is 46.2 Å². The summed E-state index contributed by atoms with van der Waals surface area (Å²) in [4.78, 5) is 13.9. The topological polar surface area (TPSA) is 48.0 Å². The summed E-state index contributed by atoms with van der Waals surface area (Å²) in [6.45, 7) is 0.490. The molecule has 1 atom stereocenters. The van der Waals surface area contributed by atoms with Gasteiger partial charge >= 0.3 is 5.97 Å². The highest BCUT2D eigenvalue weighted by Gasteiger charge is 2.36. The largest absolute Gasteiger partial charge is 0.467 e. The Morgan fingerprint density at radius 3 is 2.63 bits per heavy atom. The van der Waals surface area contributed by atoms with Crippen LogP contribution in [0.1, 0.15) is 5.56 Å². The van der Waals surface area contributed by atoms with Gasteiger partial charge < -0.3 is 19.1 Å². The van der Waals surface area contributed by atoms with Gasteiger partial charge in [0.15, 0.2) is 6.29 Å². The molecule has 104 valence electrons. The fourth-order valence-corrected chi connectivity index (χ4v) is 2.43. The van der Waals surface area contributed by atoms with Crippen molar-refractivity contribution in [3.8, 4) is 0 Å². The number of fused-ring (bicyclic) bond motifs is 1. The second-order valence-electron chi connectivity index (χ2n) is 4.43. The van der Waals surface area contributed by atoms with E-state index in [-0.39, 0.29) is 18.3 Å². The van der Waals surface area contributed by atoms with Crippen LogP contribution in [0.15, 0.2) is 24.3 Å². The maximum Gasteiger partial charge on any atom is 0.328 e. The minimum Gasteiger partial charge on any atom is -0.467 e. The maximum absolute atomic E-state index is 11.9. The van der Waals surface area contributed by atoms with Gasteiger partial charge in [-0.15, -0.1) is 0 Å². The van der Waals surface area contributed by atoms with E-state index in [2.05, 4.69) is 0 Å². The molecule has 0 bridgehead atoms.